The molecule has 0 aliphatic carbocycles. The monoisotopic (exact) mass is 410 g/mol. The molecular weight excluding hydrogens is 396 g/mol. The summed E-state index contributed by atoms with van der Waals surface area (Å²) in [5.74, 6) is -0.286. The van der Waals surface area contributed by atoms with Crippen LogP contribution in [0, 0.1) is 0 Å². The molecular formula is C18H15BrN6O. The molecule has 0 fully saturated rings. The third-order valence-electron chi connectivity index (χ3n) is 3.91. The van der Waals surface area contributed by atoms with Gasteiger partial charge in [0.25, 0.3) is 5.91 Å². The van der Waals surface area contributed by atoms with Crippen molar-refractivity contribution in [2.24, 2.45) is 0 Å². The first-order valence-corrected chi connectivity index (χ1v) is 8.89. The Morgan fingerprint density at radius 2 is 2.00 bits per heavy atom. The third-order valence-corrected chi connectivity index (χ3v) is 4.49. The second-order valence-electron chi connectivity index (χ2n) is 5.63. The molecule has 0 aliphatic rings. The first-order valence-electron chi connectivity index (χ1n) is 8.10. The molecule has 4 rings (SSSR count). The fraction of sp³-hybridized carbons (Fsp3) is 0.111. The van der Waals surface area contributed by atoms with Crippen molar-refractivity contribution in [3.05, 3.63) is 65.0 Å². The molecule has 0 radical (unpaired) electrons. The molecule has 8 heteroatoms. The molecule has 130 valence electrons. The first-order chi connectivity index (χ1) is 12.7. The van der Waals surface area contributed by atoms with E-state index in [4.69, 9.17) is 0 Å². The van der Waals surface area contributed by atoms with Gasteiger partial charge in [-0.1, -0.05) is 18.2 Å². The van der Waals surface area contributed by atoms with E-state index >= 15 is 0 Å². The van der Waals surface area contributed by atoms with Crippen LogP contribution in [0.4, 0.5) is 5.69 Å². The number of amides is 1. The minimum absolute atomic E-state index is 0.286. The van der Waals surface area contributed by atoms with E-state index in [2.05, 4.69) is 36.4 Å². The summed E-state index contributed by atoms with van der Waals surface area (Å²) in [6.45, 7) is 2.78. The molecule has 0 unspecified atom stereocenters. The number of carbonyl (C=O) groups is 1. The normalized spacial score (nSPS) is 11.0. The lowest BCUT2D eigenvalue weighted by Gasteiger charge is -2.02. The molecule has 26 heavy (non-hydrogen) atoms. The van der Waals surface area contributed by atoms with Gasteiger partial charge in [-0.3, -0.25) is 9.48 Å². The quantitative estimate of drug-likeness (QED) is 0.557. The fourth-order valence-electron chi connectivity index (χ4n) is 2.63. The number of aromatic nitrogens is 5. The molecule has 1 aromatic carbocycles. The highest BCUT2D eigenvalue weighted by Gasteiger charge is 2.17. The van der Waals surface area contributed by atoms with Crippen LogP contribution in [0.3, 0.4) is 0 Å². The van der Waals surface area contributed by atoms with Crippen LogP contribution in [0.2, 0.25) is 0 Å². The van der Waals surface area contributed by atoms with E-state index in [0.717, 1.165) is 22.4 Å². The zero-order chi connectivity index (χ0) is 18.1. The van der Waals surface area contributed by atoms with Gasteiger partial charge >= 0.3 is 0 Å². The Morgan fingerprint density at radius 3 is 2.73 bits per heavy atom. The van der Waals surface area contributed by atoms with Crippen LogP contribution < -0.4 is 5.32 Å². The van der Waals surface area contributed by atoms with E-state index < -0.39 is 0 Å². The Bertz CT molecular complexity index is 1090. The van der Waals surface area contributed by atoms with E-state index in [1.807, 2.05) is 54.2 Å². The van der Waals surface area contributed by atoms with Gasteiger partial charge in [0.15, 0.2) is 11.3 Å². The number of hydrogen-bond acceptors (Lipinski definition) is 4. The molecule has 0 saturated heterocycles. The number of rotatable bonds is 4. The predicted molar refractivity (Wildman–Crippen MR) is 102 cm³/mol. The highest BCUT2D eigenvalue weighted by atomic mass is 79.9. The Balaban J connectivity index is 1.73. The summed E-state index contributed by atoms with van der Waals surface area (Å²) in [6, 6.07) is 12.8. The maximum absolute atomic E-state index is 12.5. The number of para-hydroxylation sites is 1. The summed E-state index contributed by atoms with van der Waals surface area (Å²) in [5.41, 5.74) is 3.09. The zero-order valence-electron chi connectivity index (χ0n) is 13.9. The van der Waals surface area contributed by atoms with E-state index in [1.54, 1.807) is 16.8 Å². The number of halogens is 1. The molecule has 0 atom stereocenters. The second kappa shape index (κ2) is 6.72. The number of carbonyl (C=O) groups excluding carboxylic acids is 1. The van der Waals surface area contributed by atoms with Gasteiger partial charge in [0.2, 0.25) is 0 Å². The van der Waals surface area contributed by atoms with Crippen molar-refractivity contribution in [2.75, 3.05) is 5.32 Å². The number of hydrogen-bond donors (Lipinski definition) is 1. The molecule has 3 heterocycles. The summed E-state index contributed by atoms with van der Waals surface area (Å²) >= 11 is 3.54. The average Bonchev–Trinajstić information content (AvgIpc) is 3.25. The molecule has 3 aromatic heterocycles. The summed E-state index contributed by atoms with van der Waals surface area (Å²) in [6.07, 6.45) is 3.59. The minimum atomic E-state index is -0.286. The number of fused-ring (bicyclic) bond motifs is 1. The average molecular weight is 411 g/mol. The van der Waals surface area contributed by atoms with E-state index in [1.165, 1.54) is 0 Å². The van der Waals surface area contributed by atoms with Crippen molar-refractivity contribution in [1.29, 1.82) is 0 Å². The largest absolute Gasteiger partial charge is 0.321 e. The second-order valence-corrected chi connectivity index (χ2v) is 6.49. The lowest BCUT2D eigenvalue weighted by Crippen LogP contribution is -2.12. The van der Waals surface area contributed by atoms with Gasteiger partial charge in [-0.2, -0.15) is 10.2 Å². The number of aryl methyl sites for hydroxylation is 1. The lowest BCUT2D eigenvalue weighted by molar-refractivity contribution is 0.102. The SMILES string of the molecule is CCn1cc(Br)c(-c2ccnc3cc(C(=O)Nc4ccccc4)nn23)n1. The third kappa shape index (κ3) is 2.99. The maximum Gasteiger partial charge on any atom is 0.276 e. The van der Waals surface area contributed by atoms with Crippen molar-refractivity contribution in [3.63, 3.8) is 0 Å². The first kappa shape index (κ1) is 16.5. The Labute approximate surface area is 157 Å². The van der Waals surface area contributed by atoms with E-state index in [0.29, 0.717) is 17.0 Å². The van der Waals surface area contributed by atoms with E-state index in [-0.39, 0.29) is 5.91 Å². The Hall–Kier alpha value is -3.00. The Morgan fingerprint density at radius 1 is 1.19 bits per heavy atom. The van der Waals surface area contributed by atoms with Crippen molar-refractivity contribution in [1.82, 2.24) is 24.4 Å². The summed E-state index contributed by atoms with van der Waals surface area (Å²) in [4.78, 5) is 16.8. The fourth-order valence-corrected chi connectivity index (χ4v) is 3.15. The number of nitrogens with zero attached hydrogens (tertiary/aromatic N) is 5. The predicted octanol–water partition coefficient (Wildman–Crippen LogP) is 3.63. The van der Waals surface area contributed by atoms with E-state index in [9.17, 15) is 4.79 Å². The van der Waals surface area contributed by atoms with Crippen molar-refractivity contribution < 1.29 is 4.79 Å². The molecule has 0 spiro atoms. The highest BCUT2D eigenvalue weighted by Crippen LogP contribution is 2.27. The van der Waals surface area contributed by atoms with Crippen LogP contribution in [0.1, 0.15) is 17.4 Å². The van der Waals surface area contributed by atoms with Gasteiger partial charge in [0.05, 0.1) is 10.2 Å². The molecule has 0 bridgehead atoms. The van der Waals surface area contributed by atoms with Crippen LogP contribution in [-0.4, -0.2) is 30.3 Å². The van der Waals surface area contributed by atoms with Gasteiger partial charge in [-0.25, -0.2) is 9.50 Å². The van der Waals surface area contributed by atoms with Crippen LogP contribution in [-0.2, 0) is 6.54 Å². The highest BCUT2D eigenvalue weighted by molar-refractivity contribution is 9.10. The molecule has 0 aliphatic heterocycles. The summed E-state index contributed by atoms with van der Waals surface area (Å²) in [5, 5.41) is 11.8. The number of anilines is 1. The topological polar surface area (TPSA) is 77.1 Å². The van der Waals surface area contributed by atoms with Crippen molar-refractivity contribution in [2.45, 2.75) is 13.5 Å². The minimum Gasteiger partial charge on any atom is -0.321 e. The Kier molecular flexibility index (Phi) is 4.26. The van der Waals surface area contributed by atoms with Gasteiger partial charge in [0, 0.05) is 30.7 Å². The van der Waals surface area contributed by atoms with Crippen LogP contribution in [0.5, 0.6) is 0 Å². The lowest BCUT2D eigenvalue weighted by atomic mass is 10.3. The molecule has 0 saturated carbocycles. The maximum atomic E-state index is 12.5. The van der Waals surface area contributed by atoms with Gasteiger partial charge < -0.3 is 5.32 Å². The smallest absolute Gasteiger partial charge is 0.276 e. The summed E-state index contributed by atoms with van der Waals surface area (Å²) < 4.78 is 4.32. The number of benzene rings is 1. The van der Waals surface area contributed by atoms with Gasteiger partial charge in [-0.15, -0.1) is 0 Å². The van der Waals surface area contributed by atoms with Gasteiger partial charge in [0.1, 0.15) is 5.69 Å². The van der Waals surface area contributed by atoms with Crippen LogP contribution >= 0.6 is 15.9 Å². The molecule has 1 N–H and O–H groups in total. The molecule has 4 aromatic rings. The van der Waals surface area contributed by atoms with Crippen LogP contribution in [0.25, 0.3) is 17.0 Å². The number of nitrogens with one attached hydrogen (secondary N) is 1. The van der Waals surface area contributed by atoms with Gasteiger partial charge in [-0.05, 0) is 41.1 Å². The molecule has 1 amide bonds. The molecule has 7 nitrogen and oxygen atoms in total. The summed E-state index contributed by atoms with van der Waals surface area (Å²) in [7, 11) is 0. The zero-order valence-corrected chi connectivity index (χ0v) is 15.5. The van der Waals surface area contributed by atoms with Crippen molar-refractivity contribution >= 4 is 33.2 Å². The van der Waals surface area contributed by atoms with Crippen LogP contribution in [0.15, 0.2) is 59.3 Å². The standard InChI is InChI=1S/C18H15BrN6O/c1-2-24-11-13(19)17(23-24)15-8-9-20-16-10-14(22-25(15)16)18(26)21-12-6-4-3-5-7-12/h3-11H,2H2,1H3,(H,21,26). The van der Waals surface area contributed by atoms with Crippen molar-refractivity contribution in [3.8, 4) is 11.4 Å².